The first-order valence-electron chi connectivity index (χ1n) is 14.7. The number of benzene rings is 2. The first-order valence-corrected chi connectivity index (χ1v) is 15.6. The van der Waals surface area contributed by atoms with Crippen molar-refractivity contribution in [3.8, 4) is 5.69 Å². The Bertz CT molecular complexity index is 1750. The number of fused-ring (bicyclic) bond motifs is 1. The van der Waals surface area contributed by atoms with Crippen molar-refractivity contribution in [2.75, 3.05) is 0 Å². The molecule has 0 unspecified atom stereocenters. The molecule has 0 N–H and O–H groups in total. The number of unbranched alkanes of at least 4 members (excludes halogenated alkanes) is 3. The molecule has 0 spiro atoms. The fraction of sp³-hybridized carbons (Fsp3) is 0.294. The largest absolute Gasteiger partial charge is 0.332 e. The summed E-state index contributed by atoms with van der Waals surface area (Å²) in [4.78, 5) is 50.5. The van der Waals surface area contributed by atoms with Crippen molar-refractivity contribution in [2.45, 2.75) is 66.7 Å². The van der Waals surface area contributed by atoms with Crippen molar-refractivity contribution >= 4 is 57.3 Å². The number of hydrogen-bond donors (Lipinski definition) is 0. The standard InChI is InChI=1S/C34H36N4O6S/c1-6-7-8-9-11-31(36-43-24(4)40)30-21-38(32-18-15-27(20-29(30)32)22(2)35-42-23(3)39)28-16-13-26(14-17-28)34(37-44-25(5)41)33-12-10-19-45-33/h10,12-21H,6-9,11H2,1-5H3/b35-22-,36-31+,37-34-. The van der Waals surface area contributed by atoms with Crippen molar-refractivity contribution < 1.29 is 28.9 Å². The van der Waals surface area contributed by atoms with Gasteiger partial charge in [-0.15, -0.1) is 11.3 Å². The van der Waals surface area contributed by atoms with E-state index >= 15 is 0 Å². The summed E-state index contributed by atoms with van der Waals surface area (Å²) < 4.78 is 2.04. The SMILES string of the molecule is CCCCCC/C(=N\OC(C)=O)c1cn(-c2ccc(/C(=N/OC(C)=O)c3cccs3)cc2)c2ccc(/C(C)=N\OC(C)=O)cc12. The highest BCUT2D eigenvalue weighted by Crippen LogP contribution is 2.29. The predicted molar refractivity (Wildman–Crippen MR) is 176 cm³/mol. The average Bonchev–Trinajstić information content (AvgIpc) is 3.68. The molecule has 0 saturated carbocycles. The summed E-state index contributed by atoms with van der Waals surface area (Å²) in [5.74, 6) is -1.50. The maximum atomic E-state index is 11.7. The van der Waals surface area contributed by atoms with Crippen LogP contribution in [-0.2, 0) is 28.9 Å². The van der Waals surface area contributed by atoms with E-state index in [0.29, 0.717) is 23.6 Å². The molecule has 0 fully saturated rings. The Morgan fingerprint density at radius 3 is 2.09 bits per heavy atom. The third-order valence-corrected chi connectivity index (χ3v) is 7.71. The number of oxime groups is 3. The quantitative estimate of drug-likeness (QED) is 0.0653. The van der Waals surface area contributed by atoms with Crippen LogP contribution in [0.1, 0.15) is 88.3 Å². The Morgan fingerprint density at radius 2 is 1.44 bits per heavy atom. The zero-order chi connectivity index (χ0) is 32.3. The number of thiophene rings is 1. The highest BCUT2D eigenvalue weighted by Gasteiger charge is 2.18. The summed E-state index contributed by atoms with van der Waals surface area (Å²) in [7, 11) is 0. The van der Waals surface area contributed by atoms with Crippen LogP contribution in [0.2, 0.25) is 0 Å². The minimum Gasteiger partial charge on any atom is -0.318 e. The van der Waals surface area contributed by atoms with Gasteiger partial charge in [0.05, 0.1) is 21.8 Å². The Morgan fingerprint density at radius 1 is 0.778 bits per heavy atom. The van der Waals surface area contributed by atoms with Crippen LogP contribution in [0, 0.1) is 0 Å². The van der Waals surface area contributed by atoms with E-state index in [2.05, 4.69) is 22.4 Å². The van der Waals surface area contributed by atoms with Gasteiger partial charge in [-0.1, -0.05) is 65.9 Å². The number of rotatable bonds is 13. The minimum absolute atomic E-state index is 0.498. The zero-order valence-electron chi connectivity index (χ0n) is 26.0. The van der Waals surface area contributed by atoms with E-state index in [0.717, 1.165) is 63.8 Å². The number of nitrogens with zero attached hydrogens (tertiary/aromatic N) is 4. The molecule has 0 bridgehead atoms. The average molecular weight is 629 g/mol. The molecule has 0 saturated heterocycles. The first-order chi connectivity index (χ1) is 21.7. The van der Waals surface area contributed by atoms with Gasteiger partial charge in [0.2, 0.25) is 0 Å². The lowest BCUT2D eigenvalue weighted by molar-refractivity contribution is -0.141. The Labute approximate surface area is 265 Å². The molecular formula is C34H36N4O6S. The van der Waals surface area contributed by atoms with Crippen LogP contribution in [0.15, 0.2) is 81.6 Å². The van der Waals surface area contributed by atoms with Crippen LogP contribution in [0.25, 0.3) is 16.6 Å². The molecule has 2 heterocycles. The third kappa shape index (κ3) is 8.82. The van der Waals surface area contributed by atoms with Crippen molar-refractivity contribution in [3.63, 3.8) is 0 Å². The van der Waals surface area contributed by atoms with Gasteiger partial charge in [0.15, 0.2) is 0 Å². The van der Waals surface area contributed by atoms with Crippen LogP contribution in [0.3, 0.4) is 0 Å². The smallest absolute Gasteiger partial charge is 0.318 e. The molecule has 11 heteroatoms. The summed E-state index contributed by atoms with van der Waals surface area (Å²) in [6, 6.07) is 17.4. The first kappa shape index (κ1) is 33.0. The fourth-order valence-corrected chi connectivity index (χ4v) is 5.42. The Kier molecular flexibility index (Phi) is 11.5. The second kappa shape index (κ2) is 15.7. The van der Waals surface area contributed by atoms with Crippen LogP contribution in [0.5, 0.6) is 0 Å². The Hall–Kier alpha value is -4.90. The van der Waals surface area contributed by atoms with E-state index in [9.17, 15) is 14.4 Å². The van der Waals surface area contributed by atoms with Crippen molar-refractivity contribution in [2.24, 2.45) is 15.5 Å². The van der Waals surface area contributed by atoms with Crippen LogP contribution >= 0.6 is 11.3 Å². The second-order valence-corrected chi connectivity index (χ2v) is 11.3. The molecule has 0 amide bonds. The molecule has 4 rings (SSSR count). The summed E-state index contributed by atoms with van der Waals surface area (Å²) in [6.45, 7) is 7.85. The lowest BCUT2D eigenvalue weighted by Crippen LogP contribution is -2.05. The van der Waals surface area contributed by atoms with Crippen LogP contribution < -0.4 is 0 Å². The van der Waals surface area contributed by atoms with Gasteiger partial charge in [0.25, 0.3) is 0 Å². The van der Waals surface area contributed by atoms with Gasteiger partial charge in [0.1, 0.15) is 5.71 Å². The molecule has 234 valence electrons. The molecule has 4 aromatic rings. The van der Waals surface area contributed by atoms with Gasteiger partial charge >= 0.3 is 17.9 Å². The summed E-state index contributed by atoms with van der Waals surface area (Å²) >= 11 is 1.50. The van der Waals surface area contributed by atoms with E-state index < -0.39 is 17.9 Å². The van der Waals surface area contributed by atoms with E-state index in [1.165, 1.54) is 32.1 Å². The second-order valence-electron chi connectivity index (χ2n) is 10.4. The van der Waals surface area contributed by atoms with Gasteiger partial charge < -0.3 is 19.1 Å². The van der Waals surface area contributed by atoms with E-state index in [1.807, 2.05) is 70.7 Å². The zero-order valence-corrected chi connectivity index (χ0v) is 26.8. The summed E-state index contributed by atoms with van der Waals surface area (Å²) in [5, 5.41) is 15.2. The third-order valence-electron chi connectivity index (χ3n) is 6.83. The maximum absolute atomic E-state index is 11.7. The van der Waals surface area contributed by atoms with E-state index in [4.69, 9.17) is 14.5 Å². The van der Waals surface area contributed by atoms with Crippen molar-refractivity contribution in [1.29, 1.82) is 0 Å². The molecular weight excluding hydrogens is 592 g/mol. The molecule has 2 aromatic carbocycles. The van der Waals surface area contributed by atoms with Crippen molar-refractivity contribution in [3.05, 3.63) is 87.7 Å². The molecule has 0 radical (unpaired) electrons. The summed E-state index contributed by atoms with van der Waals surface area (Å²) in [5.41, 5.74) is 5.85. The topological polar surface area (TPSA) is 121 Å². The van der Waals surface area contributed by atoms with Gasteiger partial charge in [0, 0.05) is 49.2 Å². The number of carbonyl (C=O) groups is 3. The monoisotopic (exact) mass is 628 g/mol. The van der Waals surface area contributed by atoms with Gasteiger partial charge in [-0.2, -0.15) is 0 Å². The van der Waals surface area contributed by atoms with E-state index in [1.54, 1.807) is 6.92 Å². The lowest BCUT2D eigenvalue weighted by atomic mass is 10.0. The van der Waals surface area contributed by atoms with Crippen LogP contribution in [0.4, 0.5) is 0 Å². The lowest BCUT2D eigenvalue weighted by Gasteiger charge is -2.09. The van der Waals surface area contributed by atoms with Crippen LogP contribution in [-0.4, -0.2) is 39.6 Å². The molecule has 0 aliphatic rings. The van der Waals surface area contributed by atoms with Gasteiger partial charge in [-0.05, 0) is 61.0 Å². The molecule has 2 aromatic heterocycles. The maximum Gasteiger partial charge on any atom is 0.332 e. The Balaban J connectivity index is 1.83. The number of carbonyl (C=O) groups excluding carboxylic acids is 3. The molecule has 0 aliphatic heterocycles. The molecule has 0 aliphatic carbocycles. The van der Waals surface area contributed by atoms with E-state index in [-0.39, 0.29) is 0 Å². The molecule has 0 atom stereocenters. The highest BCUT2D eigenvalue weighted by atomic mass is 32.1. The fourth-order valence-electron chi connectivity index (χ4n) is 4.70. The molecule has 45 heavy (non-hydrogen) atoms. The predicted octanol–water partition coefficient (Wildman–Crippen LogP) is 7.53. The number of aromatic nitrogens is 1. The number of hydrogen-bond acceptors (Lipinski definition) is 10. The van der Waals surface area contributed by atoms with Gasteiger partial charge in [-0.25, -0.2) is 14.4 Å². The van der Waals surface area contributed by atoms with Gasteiger partial charge in [-0.3, -0.25) is 0 Å². The summed E-state index contributed by atoms with van der Waals surface area (Å²) in [6.07, 6.45) is 6.70. The molecule has 10 nitrogen and oxygen atoms in total. The highest BCUT2D eigenvalue weighted by molar-refractivity contribution is 7.12. The normalized spacial score (nSPS) is 12.3. The minimum atomic E-state index is -0.506. The van der Waals surface area contributed by atoms with Crippen molar-refractivity contribution in [1.82, 2.24) is 4.57 Å².